The molecule has 0 aliphatic carbocycles. The van der Waals surface area contributed by atoms with Crippen LogP contribution in [0, 0.1) is 21.6 Å². The number of hydrogen-bond acceptors (Lipinski definition) is 4. The van der Waals surface area contributed by atoms with Gasteiger partial charge in [-0.25, -0.2) is 23.2 Å². The molecule has 2 aliphatic rings. The summed E-state index contributed by atoms with van der Waals surface area (Å²) < 4.78 is 36.6. The van der Waals surface area contributed by atoms with Gasteiger partial charge in [0.1, 0.15) is 13.1 Å². The molecule has 2 rings (SSSR count). The molecule has 100 valence electrons. The highest BCUT2D eigenvalue weighted by atomic mass is 35.7. The molecule has 17 heavy (non-hydrogen) atoms. The molecule has 0 bridgehead atoms. The summed E-state index contributed by atoms with van der Waals surface area (Å²) in [5.74, 6) is 0.859. The maximum Gasteiger partial charge on any atom is 0.161 e. The Balaban J connectivity index is 0.000000249. The summed E-state index contributed by atoms with van der Waals surface area (Å²) in [4.78, 5) is 0. The van der Waals surface area contributed by atoms with Gasteiger partial charge in [0.25, 0.3) is 0 Å². The van der Waals surface area contributed by atoms with E-state index < -0.39 is 10.2 Å². The van der Waals surface area contributed by atoms with Gasteiger partial charge in [0, 0.05) is 18.8 Å². The van der Waals surface area contributed by atoms with Crippen LogP contribution in [-0.4, -0.2) is 23.4 Å². The second-order valence-electron chi connectivity index (χ2n) is 5.10. The highest BCUT2D eigenvalue weighted by Crippen LogP contribution is 2.38. The van der Waals surface area contributed by atoms with Gasteiger partial charge in [-0.15, -0.1) is 10.2 Å². The van der Waals surface area contributed by atoms with E-state index in [1.54, 1.807) is 5.71 Å². The van der Waals surface area contributed by atoms with Gasteiger partial charge in [-0.05, 0) is 13.3 Å². The van der Waals surface area contributed by atoms with Gasteiger partial charge in [-0.3, -0.25) is 0 Å². The van der Waals surface area contributed by atoms with Crippen molar-refractivity contribution in [2.24, 2.45) is 11.3 Å². The third-order valence-corrected chi connectivity index (χ3v) is 3.97. The van der Waals surface area contributed by atoms with Crippen molar-refractivity contribution in [2.45, 2.75) is 40.0 Å². The molecule has 0 spiro atoms. The molecule has 6 heteroatoms. The van der Waals surface area contributed by atoms with Crippen LogP contribution in [-0.2, 0) is 0 Å². The first-order valence-corrected chi connectivity index (χ1v) is 7.15. The highest BCUT2D eigenvalue weighted by Gasteiger charge is 2.47. The maximum absolute atomic E-state index is 8.49. The molecule has 0 saturated carbocycles. The van der Waals surface area contributed by atoms with Crippen LogP contribution in [0.2, 0.25) is 0 Å². The van der Waals surface area contributed by atoms with Crippen molar-refractivity contribution in [3.8, 4) is 0 Å². The third-order valence-electron chi connectivity index (χ3n) is 3.97. The van der Waals surface area contributed by atoms with E-state index in [1.807, 2.05) is 0 Å². The van der Waals surface area contributed by atoms with Crippen LogP contribution in [0.15, 0.2) is 0 Å². The Morgan fingerprint density at radius 2 is 1.82 bits per heavy atom. The molecule has 5 nitrogen and oxygen atoms in total. The molecule has 0 fully saturated rings. The zero-order chi connectivity index (χ0) is 13.3. The van der Waals surface area contributed by atoms with E-state index in [0.29, 0.717) is 5.41 Å². The largest absolute Gasteiger partial charge is 0.236 e. The number of nitrogens with zero attached hydrogens (tertiary/aromatic N) is 1. The first-order chi connectivity index (χ1) is 7.67. The molecule has 2 atom stereocenters. The molecule has 2 unspecified atom stereocenters. The average Bonchev–Trinajstić information content (AvgIpc) is 2.68. The molecule has 0 aromatic heterocycles. The third kappa shape index (κ3) is 3.89. The average molecular weight is 266 g/mol. The van der Waals surface area contributed by atoms with E-state index in [0.717, 1.165) is 5.92 Å². The molecule has 0 N–H and O–H groups in total. The van der Waals surface area contributed by atoms with Gasteiger partial charge in [0.2, 0.25) is 0 Å². The van der Waals surface area contributed by atoms with E-state index in [1.165, 1.54) is 32.4 Å². The van der Waals surface area contributed by atoms with Crippen LogP contribution >= 0.6 is 0 Å². The molecule has 2 aliphatic heterocycles. The summed E-state index contributed by atoms with van der Waals surface area (Å²) in [6.07, 6.45) is 4.11. The Labute approximate surface area is 104 Å². The molecule has 0 amide bonds. The van der Waals surface area contributed by atoms with Crippen molar-refractivity contribution in [2.75, 3.05) is 13.1 Å². The van der Waals surface area contributed by atoms with Crippen molar-refractivity contribution in [3.63, 3.8) is 0 Å². The molecular formula is C11H20ClNO4. The van der Waals surface area contributed by atoms with E-state index in [-0.39, 0.29) is 0 Å². The zero-order valence-corrected chi connectivity index (χ0v) is 11.3. The fraction of sp³-hybridized carbons (Fsp3) is 0.909. The molecule has 0 aromatic rings. The Hall–Kier alpha value is -0.200. The molecule has 0 saturated heterocycles. The van der Waals surface area contributed by atoms with E-state index >= 15 is 0 Å². The number of rotatable bonds is 1. The zero-order valence-electron chi connectivity index (χ0n) is 10.6. The monoisotopic (exact) mass is 265 g/mol. The lowest BCUT2D eigenvalue weighted by Gasteiger charge is -2.21. The summed E-state index contributed by atoms with van der Waals surface area (Å²) >= 11 is 0. The molecule has 0 aromatic carbocycles. The fourth-order valence-electron chi connectivity index (χ4n) is 2.99. The predicted octanol–water partition coefficient (Wildman–Crippen LogP) is -2.46. The van der Waals surface area contributed by atoms with Crippen LogP contribution in [0.5, 0.6) is 0 Å². The first-order valence-electron chi connectivity index (χ1n) is 5.91. The summed E-state index contributed by atoms with van der Waals surface area (Å²) in [6.45, 7) is 9.83. The first kappa shape index (κ1) is 14.9. The Bertz CT molecular complexity index is 307. The number of halogens is 1. The lowest BCUT2D eigenvalue weighted by Crippen LogP contribution is -2.68. The maximum atomic E-state index is 8.49. The molecular weight excluding hydrogens is 246 g/mol. The normalized spacial score (nSPS) is 32.3. The summed E-state index contributed by atoms with van der Waals surface area (Å²) in [5, 5.41) is 0. The summed E-state index contributed by atoms with van der Waals surface area (Å²) in [6, 6.07) is 0. The smallest absolute Gasteiger partial charge is 0.161 e. The van der Waals surface area contributed by atoms with Gasteiger partial charge in [-0.2, -0.15) is 0 Å². The SMILES string of the molecule is CCC1(C)CC[N+]2=C1C(C)CC2.[O-][Cl+3]([O-])([O-])[O-]. The van der Waals surface area contributed by atoms with Gasteiger partial charge < -0.3 is 0 Å². The van der Waals surface area contributed by atoms with Crippen LogP contribution in [0.25, 0.3) is 0 Å². The van der Waals surface area contributed by atoms with E-state index in [9.17, 15) is 0 Å². The predicted molar refractivity (Wildman–Crippen MR) is 51.8 cm³/mol. The summed E-state index contributed by atoms with van der Waals surface area (Å²) in [7, 11) is -4.94. The molecule has 0 radical (unpaired) electrons. The van der Waals surface area contributed by atoms with Crippen molar-refractivity contribution in [1.29, 1.82) is 0 Å². The van der Waals surface area contributed by atoms with Crippen molar-refractivity contribution in [3.05, 3.63) is 0 Å². The quantitative estimate of drug-likeness (QED) is 0.492. The Kier molecular flexibility index (Phi) is 4.54. The Morgan fingerprint density at radius 1 is 1.29 bits per heavy atom. The topological polar surface area (TPSA) is 95.2 Å². The number of hydrogen-bond donors (Lipinski definition) is 0. The van der Waals surface area contributed by atoms with E-state index in [2.05, 4.69) is 25.3 Å². The summed E-state index contributed by atoms with van der Waals surface area (Å²) in [5.41, 5.74) is 2.32. The second kappa shape index (κ2) is 5.20. The minimum absolute atomic E-state index is 0.552. The lowest BCUT2D eigenvalue weighted by molar-refractivity contribution is -2.00. The second-order valence-corrected chi connectivity index (χ2v) is 5.86. The van der Waals surface area contributed by atoms with Crippen LogP contribution in [0.1, 0.15) is 40.0 Å². The van der Waals surface area contributed by atoms with Crippen molar-refractivity contribution in [1.82, 2.24) is 0 Å². The Morgan fingerprint density at radius 3 is 2.29 bits per heavy atom. The van der Waals surface area contributed by atoms with Gasteiger partial charge in [-0.1, -0.05) is 13.8 Å². The van der Waals surface area contributed by atoms with E-state index in [4.69, 9.17) is 18.6 Å². The van der Waals surface area contributed by atoms with Crippen LogP contribution in [0.3, 0.4) is 0 Å². The fourth-order valence-corrected chi connectivity index (χ4v) is 2.99. The standard InChI is InChI=1S/C11H20N.ClHO4/c1-4-11(3)6-8-12-7-5-9(2)10(11)12;2-1(3,4)5/h9H,4-8H2,1-3H3;(H,2,3,4,5)/q+1;/p-1. The minimum atomic E-state index is -4.94. The van der Waals surface area contributed by atoms with Gasteiger partial charge >= 0.3 is 0 Å². The van der Waals surface area contributed by atoms with Crippen molar-refractivity contribution < 1.29 is 33.5 Å². The lowest BCUT2D eigenvalue weighted by atomic mass is 9.76. The van der Waals surface area contributed by atoms with Crippen LogP contribution in [0.4, 0.5) is 0 Å². The highest BCUT2D eigenvalue weighted by molar-refractivity contribution is 5.89. The van der Waals surface area contributed by atoms with Crippen molar-refractivity contribution >= 4 is 5.71 Å². The van der Waals surface area contributed by atoms with Crippen LogP contribution < -0.4 is 18.6 Å². The minimum Gasteiger partial charge on any atom is -0.236 e. The van der Waals surface area contributed by atoms with Gasteiger partial charge in [0.15, 0.2) is 5.71 Å². The van der Waals surface area contributed by atoms with Gasteiger partial charge in [0.05, 0.1) is 5.41 Å². The molecule has 2 heterocycles.